The highest BCUT2D eigenvalue weighted by atomic mass is 16.5. The number of rotatable bonds is 5. The molecule has 0 aliphatic carbocycles. The van der Waals surface area contributed by atoms with Crippen LogP contribution in [0.2, 0.25) is 0 Å². The summed E-state index contributed by atoms with van der Waals surface area (Å²) >= 11 is 0. The average Bonchev–Trinajstić information content (AvgIpc) is 2.72. The van der Waals surface area contributed by atoms with Gasteiger partial charge in [-0.15, -0.1) is 0 Å². The maximum atomic E-state index is 5.63. The van der Waals surface area contributed by atoms with E-state index in [1.807, 2.05) is 24.0 Å². The summed E-state index contributed by atoms with van der Waals surface area (Å²) in [6.07, 6.45) is 5.77. The molecule has 1 fully saturated rings. The molecule has 0 saturated carbocycles. The molecule has 0 spiro atoms. The van der Waals surface area contributed by atoms with Crippen molar-refractivity contribution in [3.05, 3.63) is 18.0 Å². The molecule has 4 heteroatoms. The second-order valence-electron chi connectivity index (χ2n) is 4.53. The van der Waals surface area contributed by atoms with E-state index in [1.54, 1.807) is 0 Å². The van der Waals surface area contributed by atoms with Crippen LogP contribution in [0.1, 0.15) is 25.0 Å². The van der Waals surface area contributed by atoms with Crippen molar-refractivity contribution in [1.29, 1.82) is 0 Å². The zero-order valence-corrected chi connectivity index (χ0v) is 9.98. The van der Waals surface area contributed by atoms with Crippen LogP contribution < -0.4 is 5.32 Å². The first kappa shape index (κ1) is 11.6. The first-order valence-corrected chi connectivity index (χ1v) is 6.11. The molecule has 4 nitrogen and oxygen atoms in total. The fourth-order valence-corrected chi connectivity index (χ4v) is 2.14. The van der Waals surface area contributed by atoms with Gasteiger partial charge in [0.25, 0.3) is 0 Å². The third-order valence-electron chi connectivity index (χ3n) is 3.09. The van der Waals surface area contributed by atoms with Gasteiger partial charge >= 0.3 is 0 Å². The summed E-state index contributed by atoms with van der Waals surface area (Å²) in [5.74, 6) is 0.803. The topological polar surface area (TPSA) is 39.1 Å². The lowest BCUT2D eigenvalue weighted by Gasteiger charge is -2.22. The first-order valence-electron chi connectivity index (χ1n) is 6.11. The number of hydrogen-bond acceptors (Lipinski definition) is 3. The Hall–Kier alpha value is -0.870. The highest BCUT2D eigenvalue weighted by Gasteiger charge is 2.12. The van der Waals surface area contributed by atoms with Gasteiger partial charge in [-0.2, -0.15) is 5.10 Å². The van der Waals surface area contributed by atoms with Crippen molar-refractivity contribution in [2.24, 2.45) is 13.0 Å². The summed E-state index contributed by atoms with van der Waals surface area (Å²) in [4.78, 5) is 0. The van der Waals surface area contributed by atoms with E-state index in [4.69, 9.17) is 4.74 Å². The minimum Gasteiger partial charge on any atom is -0.375 e. The number of nitrogens with one attached hydrogen (secondary N) is 1. The maximum absolute atomic E-state index is 5.63. The lowest BCUT2D eigenvalue weighted by molar-refractivity contribution is 0.101. The molecule has 1 N–H and O–H groups in total. The molecule has 0 aromatic carbocycles. The molecule has 1 aliphatic rings. The summed E-state index contributed by atoms with van der Waals surface area (Å²) in [5, 5.41) is 7.70. The summed E-state index contributed by atoms with van der Waals surface area (Å²) in [6, 6.07) is 2.00. The second-order valence-corrected chi connectivity index (χ2v) is 4.53. The van der Waals surface area contributed by atoms with Gasteiger partial charge in [0.15, 0.2) is 0 Å². The van der Waals surface area contributed by atoms with Gasteiger partial charge < -0.3 is 10.1 Å². The zero-order chi connectivity index (χ0) is 11.2. The Morgan fingerprint density at radius 3 is 3.25 bits per heavy atom. The van der Waals surface area contributed by atoms with Crippen LogP contribution in [0, 0.1) is 5.92 Å². The summed E-state index contributed by atoms with van der Waals surface area (Å²) in [5.41, 5.74) is 1.02. The number of aryl methyl sites for hydroxylation is 1. The predicted molar refractivity (Wildman–Crippen MR) is 63.1 cm³/mol. The maximum Gasteiger partial charge on any atom is 0.0906 e. The van der Waals surface area contributed by atoms with Crippen molar-refractivity contribution in [3.63, 3.8) is 0 Å². The molecule has 1 atom stereocenters. The largest absolute Gasteiger partial charge is 0.375 e. The van der Waals surface area contributed by atoms with Gasteiger partial charge in [-0.05, 0) is 44.3 Å². The Morgan fingerprint density at radius 2 is 2.56 bits per heavy atom. The Kier molecular flexibility index (Phi) is 4.36. The van der Waals surface area contributed by atoms with Gasteiger partial charge in [-0.1, -0.05) is 0 Å². The van der Waals surface area contributed by atoms with E-state index < -0.39 is 0 Å². The smallest absolute Gasteiger partial charge is 0.0906 e. The SMILES string of the molecule is Cn1ccc(COCCC2CCCNC2)n1. The molecular formula is C12H21N3O. The van der Waals surface area contributed by atoms with Crippen molar-refractivity contribution >= 4 is 0 Å². The average molecular weight is 223 g/mol. The Balaban J connectivity index is 1.57. The van der Waals surface area contributed by atoms with E-state index in [-0.39, 0.29) is 0 Å². The molecule has 1 unspecified atom stereocenters. The highest BCUT2D eigenvalue weighted by molar-refractivity contribution is 4.96. The van der Waals surface area contributed by atoms with E-state index in [0.717, 1.165) is 24.8 Å². The summed E-state index contributed by atoms with van der Waals surface area (Å²) in [7, 11) is 1.93. The van der Waals surface area contributed by atoms with Crippen molar-refractivity contribution in [3.8, 4) is 0 Å². The van der Waals surface area contributed by atoms with Crippen molar-refractivity contribution < 1.29 is 4.74 Å². The molecule has 1 aromatic heterocycles. The van der Waals surface area contributed by atoms with Crippen LogP contribution >= 0.6 is 0 Å². The summed E-state index contributed by atoms with van der Waals surface area (Å²) < 4.78 is 7.44. The predicted octanol–water partition coefficient (Wildman–Crippen LogP) is 1.33. The van der Waals surface area contributed by atoms with Crippen molar-refractivity contribution in [2.75, 3.05) is 19.7 Å². The normalized spacial score (nSPS) is 21.2. The Bertz CT molecular complexity index is 305. The second kappa shape index (κ2) is 6.01. The van der Waals surface area contributed by atoms with Crippen molar-refractivity contribution in [2.45, 2.75) is 25.9 Å². The van der Waals surface area contributed by atoms with E-state index in [9.17, 15) is 0 Å². The minimum atomic E-state index is 0.640. The number of hydrogen-bond donors (Lipinski definition) is 1. The fraction of sp³-hybridized carbons (Fsp3) is 0.750. The highest BCUT2D eigenvalue weighted by Crippen LogP contribution is 2.13. The van der Waals surface area contributed by atoms with Crippen LogP contribution in [0.4, 0.5) is 0 Å². The quantitative estimate of drug-likeness (QED) is 0.765. The van der Waals surface area contributed by atoms with Crippen LogP contribution in [0.3, 0.4) is 0 Å². The first-order chi connectivity index (χ1) is 7.84. The standard InChI is InChI=1S/C12H21N3O/c1-15-7-4-12(14-15)10-16-8-5-11-3-2-6-13-9-11/h4,7,11,13H,2-3,5-6,8-10H2,1H3. The third-order valence-corrected chi connectivity index (χ3v) is 3.09. The van der Waals surface area contributed by atoms with Gasteiger partial charge in [0, 0.05) is 19.9 Å². The molecule has 1 aromatic rings. The monoisotopic (exact) mass is 223 g/mol. The van der Waals surface area contributed by atoms with Crippen LogP contribution in [0.25, 0.3) is 0 Å². The Labute approximate surface area is 97.0 Å². The number of ether oxygens (including phenoxy) is 1. The van der Waals surface area contributed by atoms with Crippen LogP contribution in [0.5, 0.6) is 0 Å². The van der Waals surface area contributed by atoms with Gasteiger partial charge in [0.05, 0.1) is 12.3 Å². The van der Waals surface area contributed by atoms with Crippen molar-refractivity contribution in [1.82, 2.24) is 15.1 Å². The molecule has 0 bridgehead atoms. The molecule has 1 saturated heterocycles. The van der Waals surface area contributed by atoms with E-state index >= 15 is 0 Å². The van der Waals surface area contributed by atoms with Gasteiger partial charge in [-0.3, -0.25) is 4.68 Å². The number of aromatic nitrogens is 2. The third kappa shape index (κ3) is 3.61. The fourth-order valence-electron chi connectivity index (χ4n) is 2.14. The molecule has 90 valence electrons. The Morgan fingerprint density at radius 1 is 1.62 bits per heavy atom. The number of piperidine rings is 1. The molecule has 0 amide bonds. The lowest BCUT2D eigenvalue weighted by Crippen LogP contribution is -2.30. The molecular weight excluding hydrogens is 202 g/mol. The van der Waals surface area contributed by atoms with Crippen LogP contribution in [-0.4, -0.2) is 29.5 Å². The van der Waals surface area contributed by atoms with Crippen LogP contribution in [-0.2, 0) is 18.4 Å². The van der Waals surface area contributed by atoms with Gasteiger partial charge in [0.2, 0.25) is 0 Å². The molecule has 0 radical (unpaired) electrons. The van der Waals surface area contributed by atoms with Gasteiger partial charge in [0.1, 0.15) is 0 Å². The zero-order valence-electron chi connectivity index (χ0n) is 9.98. The number of nitrogens with zero attached hydrogens (tertiary/aromatic N) is 2. The summed E-state index contributed by atoms with van der Waals surface area (Å²) in [6.45, 7) is 3.84. The molecule has 16 heavy (non-hydrogen) atoms. The van der Waals surface area contributed by atoms with Gasteiger partial charge in [-0.25, -0.2) is 0 Å². The molecule has 1 aliphatic heterocycles. The van der Waals surface area contributed by atoms with Crippen LogP contribution in [0.15, 0.2) is 12.3 Å². The van der Waals surface area contributed by atoms with E-state index in [0.29, 0.717) is 6.61 Å². The lowest BCUT2D eigenvalue weighted by atomic mass is 9.97. The van der Waals surface area contributed by atoms with E-state index in [2.05, 4.69) is 10.4 Å². The van der Waals surface area contributed by atoms with E-state index in [1.165, 1.54) is 25.8 Å². The molecule has 2 heterocycles. The minimum absolute atomic E-state index is 0.640. The molecule has 2 rings (SSSR count).